The highest BCUT2D eigenvalue weighted by Crippen LogP contribution is 2.26. The normalized spacial score (nSPS) is 15.1. The van der Waals surface area contributed by atoms with Gasteiger partial charge in [0.2, 0.25) is 5.91 Å². The van der Waals surface area contributed by atoms with Crippen molar-refractivity contribution in [2.24, 2.45) is 5.73 Å². The Labute approximate surface area is 159 Å². The van der Waals surface area contributed by atoms with Crippen molar-refractivity contribution >= 4 is 11.9 Å². The van der Waals surface area contributed by atoms with Gasteiger partial charge in [-0.1, -0.05) is 43.2 Å². The molecule has 4 N–H and O–H groups in total. The van der Waals surface area contributed by atoms with Gasteiger partial charge in [-0.15, -0.1) is 0 Å². The fourth-order valence-corrected chi connectivity index (χ4v) is 3.39. The highest BCUT2D eigenvalue weighted by molar-refractivity contribution is 5.79. The van der Waals surface area contributed by atoms with Crippen LogP contribution in [0.25, 0.3) is 0 Å². The van der Waals surface area contributed by atoms with Crippen molar-refractivity contribution in [3.8, 4) is 11.5 Å². The Kier molecular flexibility index (Phi) is 6.30. The number of urea groups is 1. The van der Waals surface area contributed by atoms with Crippen molar-refractivity contribution in [2.75, 3.05) is 0 Å². The van der Waals surface area contributed by atoms with Gasteiger partial charge >= 0.3 is 6.03 Å². The van der Waals surface area contributed by atoms with Crippen LogP contribution in [0.15, 0.2) is 54.6 Å². The lowest BCUT2D eigenvalue weighted by atomic mass is 10.0. The lowest BCUT2D eigenvalue weighted by molar-refractivity contribution is -0.122. The average molecular weight is 367 g/mol. The molecule has 1 saturated carbocycles. The Balaban J connectivity index is 1.70. The number of para-hydroxylation sites is 1. The molecule has 1 aliphatic rings. The maximum Gasteiger partial charge on any atom is 0.312 e. The summed E-state index contributed by atoms with van der Waals surface area (Å²) in [6.45, 7) is 0. The summed E-state index contributed by atoms with van der Waals surface area (Å²) in [7, 11) is 0. The van der Waals surface area contributed by atoms with Crippen LogP contribution >= 0.6 is 0 Å². The fraction of sp³-hybridized carbons (Fsp3) is 0.333. The molecule has 6 nitrogen and oxygen atoms in total. The van der Waals surface area contributed by atoms with Crippen LogP contribution in [0.3, 0.4) is 0 Å². The molecule has 27 heavy (non-hydrogen) atoms. The standard InChI is InChI=1S/C21H25N3O3/c22-21(26)24-19(14-20(25)23-16-8-4-5-9-16)15-7-6-12-18(13-15)27-17-10-2-1-3-11-17/h1-3,6-7,10-13,16,19H,4-5,8-9,14H2,(H,23,25)(H3,22,24,26)/t19-/m0/s1. The van der Waals surface area contributed by atoms with Gasteiger partial charge in [0.1, 0.15) is 11.5 Å². The van der Waals surface area contributed by atoms with Crippen molar-refractivity contribution in [2.45, 2.75) is 44.2 Å². The molecule has 0 bridgehead atoms. The van der Waals surface area contributed by atoms with E-state index in [2.05, 4.69) is 10.6 Å². The van der Waals surface area contributed by atoms with Crippen molar-refractivity contribution in [1.82, 2.24) is 10.6 Å². The highest BCUT2D eigenvalue weighted by atomic mass is 16.5. The second kappa shape index (κ2) is 9.07. The third-order valence-corrected chi connectivity index (χ3v) is 4.67. The van der Waals surface area contributed by atoms with E-state index in [0.717, 1.165) is 31.2 Å². The number of rotatable bonds is 7. The maximum absolute atomic E-state index is 12.4. The molecule has 0 unspecified atom stereocenters. The number of nitrogens with two attached hydrogens (primary N) is 1. The van der Waals surface area contributed by atoms with Crippen molar-refractivity contribution < 1.29 is 14.3 Å². The number of ether oxygens (including phenoxy) is 1. The first-order valence-electron chi connectivity index (χ1n) is 9.28. The molecule has 3 rings (SSSR count). The molecule has 6 heteroatoms. The molecule has 1 fully saturated rings. The van der Waals surface area contributed by atoms with Crippen LogP contribution in [-0.2, 0) is 4.79 Å². The second-order valence-electron chi connectivity index (χ2n) is 6.80. The monoisotopic (exact) mass is 367 g/mol. The molecular weight excluding hydrogens is 342 g/mol. The van der Waals surface area contributed by atoms with Crippen molar-refractivity contribution in [3.63, 3.8) is 0 Å². The average Bonchev–Trinajstić information content (AvgIpc) is 3.15. The number of carbonyl (C=O) groups excluding carboxylic acids is 2. The predicted octanol–water partition coefficient (Wildman–Crippen LogP) is 3.64. The van der Waals surface area contributed by atoms with Gasteiger partial charge in [0.25, 0.3) is 0 Å². The number of nitrogens with one attached hydrogen (secondary N) is 2. The summed E-state index contributed by atoms with van der Waals surface area (Å²) in [5.41, 5.74) is 6.09. The number of hydrogen-bond acceptors (Lipinski definition) is 3. The minimum atomic E-state index is -0.664. The van der Waals surface area contributed by atoms with E-state index < -0.39 is 12.1 Å². The second-order valence-corrected chi connectivity index (χ2v) is 6.80. The predicted molar refractivity (Wildman–Crippen MR) is 103 cm³/mol. The van der Waals surface area contributed by atoms with Crippen LogP contribution in [0.1, 0.15) is 43.7 Å². The largest absolute Gasteiger partial charge is 0.457 e. The summed E-state index contributed by atoms with van der Waals surface area (Å²) < 4.78 is 5.84. The quantitative estimate of drug-likeness (QED) is 0.697. The molecule has 0 heterocycles. The van der Waals surface area contributed by atoms with E-state index >= 15 is 0 Å². The van der Waals surface area contributed by atoms with Crippen LogP contribution in [0.4, 0.5) is 4.79 Å². The zero-order valence-corrected chi connectivity index (χ0v) is 15.2. The summed E-state index contributed by atoms with van der Waals surface area (Å²) in [6, 6.07) is 15.8. The molecule has 2 aromatic rings. The maximum atomic E-state index is 12.4. The molecule has 0 radical (unpaired) electrons. The van der Waals surface area contributed by atoms with E-state index in [0.29, 0.717) is 11.5 Å². The molecule has 142 valence electrons. The number of benzene rings is 2. The summed E-state index contributed by atoms with van der Waals surface area (Å²) in [4.78, 5) is 23.8. The van der Waals surface area contributed by atoms with E-state index in [1.807, 2.05) is 54.6 Å². The smallest absolute Gasteiger partial charge is 0.312 e. The van der Waals surface area contributed by atoms with E-state index in [-0.39, 0.29) is 18.4 Å². The third-order valence-electron chi connectivity index (χ3n) is 4.67. The van der Waals surface area contributed by atoms with Crippen molar-refractivity contribution in [1.29, 1.82) is 0 Å². The van der Waals surface area contributed by atoms with E-state index in [9.17, 15) is 9.59 Å². The number of primary amides is 1. The molecule has 0 aromatic heterocycles. The third kappa shape index (κ3) is 5.74. The van der Waals surface area contributed by atoms with Gasteiger partial charge in [0, 0.05) is 6.04 Å². The molecular formula is C21H25N3O3. The Morgan fingerprint density at radius 3 is 2.44 bits per heavy atom. The zero-order valence-electron chi connectivity index (χ0n) is 15.2. The lowest BCUT2D eigenvalue weighted by Crippen LogP contribution is -2.39. The first kappa shape index (κ1) is 18.8. The van der Waals surface area contributed by atoms with Gasteiger partial charge in [-0.25, -0.2) is 4.79 Å². The number of carbonyl (C=O) groups is 2. The highest BCUT2D eigenvalue weighted by Gasteiger charge is 2.22. The Morgan fingerprint density at radius 2 is 1.74 bits per heavy atom. The van der Waals surface area contributed by atoms with Crippen LogP contribution in [-0.4, -0.2) is 18.0 Å². The molecule has 0 aliphatic heterocycles. The minimum Gasteiger partial charge on any atom is -0.457 e. The van der Waals surface area contributed by atoms with Crippen LogP contribution in [0.5, 0.6) is 11.5 Å². The lowest BCUT2D eigenvalue weighted by Gasteiger charge is -2.20. The van der Waals surface area contributed by atoms with Gasteiger partial charge in [-0.2, -0.15) is 0 Å². The molecule has 1 aliphatic carbocycles. The fourth-order valence-electron chi connectivity index (χ4n) is 3.39. The molecule has 2 aromatic carbocycles. The van der Waals surface area contributed by atoms with Gasteiger partial charge in [-0.05, 0) is 42.7 Å². The first-order chi connectivity index (χ1) is 13.1. The van der Waals surface area contributed by atoms with Gasteiger partial charge in [-0.3, -0.25) is 4.79 Å². The van der Waals surface area contributed by atoms with Crippen LogP contribution in [0.2, 0.25) is 0 Å². The van der Waals surface area contributed by atoms with Gasteiger partial charge in [0.05, 0.1) is 12.5 Å². The van der Waals surface area contributed by atoms with Gasteiger partial charge < -0.3 is 21.1 Å². The molecule has 0 spiro atoms. The topological polar surface area (TPSA) is 93.5 Å². The summed E-state index contributed by atoms with van der Waals surface area (Å²) in [5, 5.41) is 5.71. The van der Waals surface area contributed by atoms with E-state index in [4.69, 9.17) is 10.5 Å². The van der Waals surface area contributed by atoms with E-state index in [1.165, 1.54) is 0 Å². The summed E-state index contributed by atoms with van der Waals surface area (Å²) >= 11 is 0. The zero-order chi connectivity index (χ0) is 19.1. The Hall–Kier alpha value is -3.02. The molecule has 0 saturated heterocycles. The molecule has 3 amide bonds. The SMILES string of the molecule is NC(=O)N[C@@H](CC(=O)NC1CCCC1)c1cccc(Oc2ccccc2)c1. The van der Waals surface area contributed by atoms with Gasteiger partial charge in [0.15, 0.2) is 0 Å². The Morgan fingerprint density at radius 1 is 1.04 bits per heavy atom. The van der Waals surface area contributed by atoms with E-state index in [1.54, 1.807) is 0 Å². The summed E-state index contributed by atoms with van der Waals surface area (Å²) in [5.74, 6) is 1.26. The number of amides is 3. The summed E-state index contributed by atoms with van der Waals surface area (Å²) in [6.07, 6.45) is 4.45. The number of hydrogen-bond donors (Lipinski definition) is 3. The minimum absolute atomic E-state index is 0.0879. The Bertz CT molecular complexity index is 773. The molecule has 1 atom stereocenters. The van der Waals surface area contributed by atoms with Crippen molar-refractivity contribution in [3.05, 3.63) is 60.2 Å². The first-order valence-corrected chi connectivity index (χ1v) is 9.28. The van der Waals surface area contributed by atoms with Crippen LogP contribution < -0.4 is 21.1 Å². The van der Waals surface area contributed by atoms with Crippen LogP contribution in [0, 0.1) is 0 Å².